The summed E-state index contributed by atoms with van der Waals surface area (Å²) in [7, 11) is 0. The summed E-state index contributed by atoms with van der Waals surface area (Å²) < 4.78 is 0. The second-order valence-corrected chi connectivity index (χ2v) is 5.03. The van der Waals surface area contributed by atoms with Crippen LogP contribution in [-0.2, 0) is 0 Å². The largest absolute Gasteiger partial charge is 0.316 e. The van der Waals surface area contributed by atoms with E-state index in [1.165, 1.54) is 0 Å². The van der Waals surface area contributed by atoms with E-state index >= 15 is 0 Å². The Morgan fingerprint density at radius 2 is 1.78 bits per heavy atom. The Kier molecular flexibility index (Phi) is 8.49. The van der Waals surface area contributed by atoms with Gasteiger partial charge in [0.05, 0.1) is 18.5 Å². The molecule has 1 rings (SSSR count). The topological polar surface area (TPSA) is 100 Å². The molecule has 1 heterocycles. The molecule has 18 heavy (non-hydrogen) atoms. The van der Waals surface area contributed by atoms with Crippen LogP contribution in [0.4, 0.5) is 0 Å². The Bertz CT molecular complexity index is 201. The second kappa shape index (κ2) is 9.66. The number of hydrogen-bond acceptors (Lipinski definition) is 6. The molecule has 1 fully saturated rings. The smallest absolute Gasteiger partial charge is 0.0680 e. The lowest BCUT2D eigenvalue weighted by atomic mass is 10.3. The van der Waals surface area contributed by atoms with E-state index in [1.54, 1.807) is 0 Å². The Morgan fingerprint density at radius 1 is 1.06 bits per heavy atom. The molecule has 1 saturated heterocycles. The summed E-state index contributed by atoms with van der Waals surface area (Å²) in [6.07, 6.45) is 6.58. The molecule has 0 spiro atoms. The van der Waals surface area contributed by atoms with Crippen LogP contribution >= 0.6 is 0 Å². The highest BCUT2D eigenvalue weighted by Crippen LogP contribution is 2.00. The molecule has 6 heteroatoms. The third-order valence-corrected chi connectivity index (χ3v) is 3.19. The molecule has 8 N–H and O–H groups in total. The summed E-state index contributed by atoms with van der Waals surface area (Å²) in [6, 6.07) is 0. The highest BCUT2D eigenvalue weighted by atomic mass is 16.1. The van der Waals surface area contributed by atoms with Crippen LogP contribution in [0.15, 0.2) is 0 Å². The first-order chi connectivity index (χ1) is 8.72. The SMILES string of the molecule is CCCC1N[13CH2]CC[13CH2]N[15NH][13CH](N)[13CH2][13CH2][13CH](N)[15NH]1. The van der Waals surface area contributed by atoms with Gasteiger partial charge in [-0.15, -0.1) is 0 Å². The average Bonchev–Trinajstić information content (AvgIpc) is 2.35. The summed E-state index contributed by atoms with van der Waals surface area (Å²) in [5.41, 5.74) is 18.3. The molecule has 0 aromatic heterocycles. The maximum absolute atomic E-state index is 6.08. The van der Waals surface area contributed by atoms with Gasteiger partial charge < -0.3 is 16.8 Å². The highest BCUT2D eigenvalue weighted by molar-refractivity contribution is 4.71. The molecule has 3 atom stereocenters. The van der Waals surface area contributed by atoms with Crippen LogP contribution in [-0.4, -0.2) is 31.6 Å². The predicted octanol–water partition coefficient (Wildman–Crippen LogP) is -0.470. The van der Waals surface area contributed by atoms with Gasteiger partial charge in [-0.05, 0) is 38.6 Å². The van der Waals surface area contributed by atoms with Crippen molar-refractivity contribution < 1.29 is 0 Å². The zero-order valence-corrected chi connectivity index (χ0v) is 11.5. The normalized spacial score (nSPS) is 33.2. The van der Waals surface area contributed by atoms with Crippen molar-refractivity contribution in [3.05, 3.63) is 0 Å². The third kappa shape index (κ3) is 7.25. The van der Waals surface area contributed by atoms with Crippen LogP contribution in [0.1, 0.15) is 45.4 Å². The molecule has 0 aromatic rings. The van der Waals surface area contributed by atoms with E-state index in [1.807, 2.05) is 0 Å². The maximum atomic E-state index is 6.08. The van der Waals surface area contributed by atoms with Crippen LogP contribution < -0.4 is 33.0 Å². The van der Waals surface area contributed by atoms with Crippen LogP contribution in [0, 0.1) is 0 Å². The van der Waals surface area contributed by atoms with E-state index in [-0.39, 0.29) is 12.3 Å². The quantitative estimate of drug-likeness (QED) is 0.298. The van der Waals surface area contributed by atoms with Crippen molar-refractivity contribution in [3.63, 3.8) is 0 Å². The van der Waals surface area contributed by atoms with Crippen molar-refractivity contribution in [2.75, 3.05) is 13.1 Å². The maximum Gasteiger partial charge on any atom is 0.0680 e. The van der Waals surface area contributed by atoms with Crippen LogP contribution in [0.25, 0.3) is 0 Å². The number of hydrogen-bond donors (Lipinski definition) is 6. The fourth-order valence-corrected chi connectivity index (χ4v) is 2.12. The van der Waals surface area contributed by atoms with Crippen molar-refractivity contribution in [3.8, 4) is 0 Å². The van der Waals surface area contributed by atoms with E-state index in [0.29, 0.717) is 6.17 Å². The molecule has 1 aliphatic rings. The Labute approximate surface area is 111 Å². The van der Waals surface area contributed by atoms with Gasteiger partial charge in [0, 0.05) is 6.54 Å². The van der Waals surface area contributed by atoms with Gasteiger partial charge in [-0.1, -0.05) is 13.3 Å². The first-order valence-corrected chi connectivity index (χ1v) is 7.21. The fraction of sp³-hybridized carbons (Fsp3) is 1.00. The number of hydrazine groups is 1. The molecular formula is C12H30N6. The van der Waals surface area contributed by atoms with Gasteiger partial charge in [0.2, 0.25) is 0 Å². The number of nitrogens with one attached hydrogen (secondary N) is 4. The molecule has 3 unspecified atom stereocenters. The summed E-state index contributed by atoms with van der Waals surface area (Å²) in [4.78, 5) is 0. The predicted molar refractivity (Wildman–Crippen MR) is 75.4 cm³/mol. The van der Waals surface area contributed by atoms with Gasteiger partial charge in [-0.2, -0.15) is 0 Å². The van der Waals surface area contributed by atoms with E-state index in [9.17, 15) is 0 Å². The lowest BCUT2D eigenvalue weighted by Crippen LogP contribution is -2.52. The van der Waals surface area contributed by atoms with Crippen molar-refractivity contribution in [2.24, 2.45) is 11.5 Å². The number of nitrogens with two attached hydrogens (primary N) is 2. The van der Waals surface area contributed by atoms with Crippen molar-refractivity contribution >= 4 is 0 Å². The molecule has 0 radical (unpaired) electrons. The van der Waals surface area contributed by atoms with E-state index in [4.69, 9.17) is 11.5 Å². The summed E-state index contributed by atoms with van der Waals surface area (Å²) in [5, 5.41) is 6.97. The standard InChI is InChI=1S/C12H30N6/c1-2-5-12-15-8-3-4-9-16-18-11(14)7-6-10(13)17-12/h10-12,15-18H,2-9,13-14H2,1H3/i6+1,7+1,8+1,9+1,10+1,11+1,17+1,18+1. The molecular weight excluding hydrogens is 236 g/mol. The van der Waals surface area contributed by atoms with Gasteiger partial charge in [-0.25, -0.2) is 5.43 Å². The lowest BCUT2D eigenvalue weighted by molar-refractivity contribution is 0.327. The summed E-state index contributed by atoms with van der Waals surface area (Å²) in [6.45, 7) is 4.17. The summed E-state index contributed by atoms with van der Waals surface area (Å²) >= 11 is 0. The summed E-state index contributed by atoms with van der Waals surface area (Å²) in [5.74, 6) is 0. The average molecular weight is 266 g/mol. The molecule has 0 aromatic carbocycles. The van der Waals surface area contributed by atoms with Crippen LogP contribution in [0.2, 0.25) is 0 Å². The second-order valence-electron chi connectivity index (χ2n) is 5.03. The van der Waals surface area contributed by atoms with E-state index in [2.05, 4.69) is 28.4 Å². The van der Waals surface area contributed by atoms with Gasteiger partial charge in [-0.3, -0.25) is 10.7 Å². The van der Waals surface area contributed by atoms with Crippen molar-refractivity contribution in [1.82, 2.24) is 21.5 Å². The fourth-order valence-electron chi connectivity index (χ4n) is 2.12. The van der Waals surface area contributed by atoms with Crippen LogP contribution in [0.5, 0.6) is 0 Å². The van der Waals surface area contributed by atoms with E-state index < -0.39 is 0 Å². The number of rotatable bonds is 2. The van der Waals surface area contributed by atoms with Crippen molar-refractivity contribution in [1.29, 1.82) is 0 Å². The minimum Gasteiger partial charge on any atom is -0.316 e. The van der Waals surface area contributed by atoms with Gasteiger partial charge in [0.25, 0.3) is 0 Å². The van der Waals surface area contributed by atoms with Crippen molar-refractivity contribution in [2.45, 2.75) is 63.9 Å². The molecule has 0 bridgehead atoms. The molecule has 0 amide bonds. The minimum absolute atomic E-state index is 0.00246. The molecule has 0 saturated carbocycles. The first kappa shape index (κ1) is 15.8. The van der Waals surface area contributed by atoms with Gasteiger partial charge >= 0.3 is 0 Å². The third-order valence-electron chi connectivity index (χ3n) is 3.19. The Morgan fingerprint density at radius 3 is 2.56 bits per heavy atom. The zero-order chi connectivity index (χ0) is 13.2. The Balaban J connectivity index is 2.40. The van der Waals surface area contributed by atoms with Gasteiger partial charge in [0.15, 0.2) is 0 Å². The molecule has 1 aliphatic heterocycles. The zero-order valence-electron chi connectivity index (χ0n) is 11.5. The Hall–Kier alpha value is -0.240. The monoisotopic (exact) mass is 266 g/mol. The molecule has 0 aliphatic carbocycles. The van der Waals surface area contributed by atoms with E-state index in [0.717, 1.165) is 51.6 Å². The molecule has 108 valence electrons. The first-order valence-electron chi connectivity index (χ1n) is 7.21. The van der Waals surface area contributed by atoms with Crippen LogP contribution in [0.3, 0.4) is 0 Å². The minimum atomic E-state index is -0.0313. The lowest BCUT2D eigenvalue weighted by Gasteiger charge is -2.24. The highest BCUT2D eigenvalue weighted by Gasteiger charge is 2.12. The molecule has 6 nitrogen and oxygen atoms in total. The van der Waals surface area contributed by atoms with Gasteiger partial charge in [0.1, 0.15) is 0 Å².